The van der Waals surface area contributed by atoms with Gasteiger partial charge in [-0.05, 0) is 31.3 Å². The van der Waals surface area contributed by atoms with Gasteiger partial charge in [-0.1, -0.05) is 37.3 Å². The molecular weight excluding hydrogens is 280 g/mol. The number of nitrogens with one attached hydrogen (secondary N) is 1. The Kier molecular flexibility index (Phi) is 5.75. The molecule has 2 unspecified atom stereocenters. The van der Waals surface area contributed by atoms with Crippen LogP contribution in [-0.2, 0) is 4.79 Å². The molecule has 2 atom stereocenters. The average molecular weight is 302 g/mol. The molecule has 1 aromatic heterocycles. The van der Waals surface area contributed by atoms with Crippen molar-refractivity contribution in [3.63, 3.8) is 0 Å². The largest absolute Gasteiger partial charge is 0.467 e. The molecule has 0 aliphatic rings. The maximum atomic E-state index is 12.7. The summed E-state index contributed by atoms with van der Waals surface area (Å²) in [5, 5.41) is 12.4. The molecule has 0 fully saturated rings. The molecule has 5 heteroatoms. The van der Waals surface area contributed by atoms with Crippen molar-refractivity contribution >= 4 is 5.91 Å². The van der Waals surface area contributed by atoms with Crippen molar-refractivity contribution in [1.82, 2.24) is 10.2 Å². The lowest BCUT2D eigenvalue weighted by atomic mass is 10.0. The van der Waals surface area contributed by atoms with E-state index in [4.69, 9.17) is 4.42 Å². The van der Waals surface area contributed by atoms with Crippen LogP contribution in [-0.4, -0.2) is 36.1 Å². The average Bonchev–Trinajstić information content (AvgIpc) is 3.08. The molecule has 0 radical (unpaired) electrons. The highest BCUT2D eigenvalue weighted by atomic mass is 16.3. The zero-order valence-electron chi connectivity index (χ0n) is 12.9. The van der Waals surface area contributed by atoms with Crippen LogP contribution in [0, 0.1) is 0 Å². The van der Waals surface area contributed by atoms with Crippen LogP contribution in [0.2, 0.25) is 0 Å². The fraction of sp³-hybridized carbons (Fsp3) is 0.353. The Balaban J connectivity index is 2.19. The monoisotopic (exact) mass is 302 g/mol. The van der Waals surface area contributed by atoms with Gasteiger partial charge in [-0.15, -0.1) is 0 Å². The lowest BCUT2D eigenvalue weighted by Crippen LogP contribution is -2.41. The highest BCUT2D eigenvalue weighted by Crippen LogP contribution is 2.21. The Hall–Kier alpha value is -2.11. The first-order valence-electron chi connectivity index (χ1n) is 7.37. The minimum atomic E-state index is -0.543. The number of furan rings is 1. The number of benzene rings is 1. The van der Waals surface area contributed by atoms with Crippen LogP contribution >= 0.6 is 0 Å². The standard InChI is InChI=1S/C17H22N2O3/c1-3-19(2)16(13-8-5-4-6-9-13)17(21)18-14(12-20)15-10-7-11-22-15/h4-11,14,16,20H,3,12H2,1-2H3,(H,18,21). The summed E-state index contributed by atoms with van der Waals surface area (Å²) in [5.74, 6) is 0.382. The molecule has 2 aromatic rings. The number of likely N-dealkylation sites (N-methyl/N-ethyl adjacent to an activating group) is 1. The second kappa shape index (κ2) is 7.77. The van der Waals surface area contributed by atoms with Crippen molar-refractivity contribution in [3.8, 4) is 0 Å². The van der Waals surface area contributed by atoms with Crippen LogP contribution in [0.1, 0.15) is 30.3 Å². The Morgan fingerprint density at radius 3 is 2.55 bits per heavy atom. The number of carbonyl (C=O) groups is 1. The van der Waals surface area contributed by atoms with Crippen LogP contribution in [0.3, 0.4) is 0 Å². The van der Waals surface area contributed by atoms with Crippen LogP contribution in [0.25, 0.3) is 0 Å². The Morgan fingerprint density at radius 2 is 2.00 bits per heavy atom. The smallest absolute Gasteiger partial charge is 0.242 e. The highest BCUT2D eigenvalue weighted by molar-refractivity contribution is 5.83. The number of amides is 1. The van der Waals surface area contributed by atoms with E-state index < -0.39 is 12.1 Å². The van der Waals surface area contributed by atoms with Gasteiger partial charge in [0.05, 0.1) is 12.9 Å². The number of nitrogens with zero attached hydrogens (tertiary/aromatic N) is 1. The number of hydrogen-bond donors (Lipinski definition) is 2. The minimum absolute atomic E-state index is 0.161. The predicted octanol–water partition coefficient (Wildman–Crippen LogP) is 2.12. The summed E-state index contributed by atoms with van der Waals surface area (Å²) in [6, 6.07) is 12.1. The van der Waals surface area contributed by atoms with Gasteiger partial charge >= 0.3 is 0 Å². The van der Waals surface area contributed by atoms with E-state index in [2.05, 4.69) is 5.32 Å². The molecule has 0 spiro atoms. The van der Waals surface area contributed by atoms with Gasteiger partial charge in [0.25, 0.3) is 0 Å². The van der Waals surface area contributed by atoms with Crippen molar-refractivity contribution in [3.05, 3.63) is 60.1 Å². The summed E-state index contributed by atoms with van der Waals surface area (Å²) < 4.78 is 5.27. The summed E-state index contributed by atoms with van der Waals surface area (Å²) in [4.78, 5) is 14.7. The zero-order valence-corrected chi connectivity index (χ0v) is 12.9. The highest BCUT2D eigenvalue weighted by Gasteiger charge is 2.27. The first kappa shape index (κ1) is 16.3. The fourth-order valence-electron chi connectivity index (χ4n) is 2.37. The normalized spacial score (nSPS) is 13.8. The van der Waals surface area contributed by atoms with E-state index in [0.29, 0.717) is 5.76 Å². The Bertz CT molecular complexity index is 569. The summed E-state index contributed by atoms with van der Waals surface area (Å²) >= 11 is 0. The third kappa shape index (κ3) is 3.75. The lowest BCUT2D eigenvalue weighted by Gasteiger charge is -2.27. The topological polar surface area (TPSA) is 65.7 Å². The first-order valence-corrected chi connectivity index (χ1v) is 7.37. The Morgan fingerprint density at radius 1 is 1.27 bits per heavy atom. The maximum Gasteiger partial charge on any atom is 0.242 e. The quantitative estimate of drug-likeness (QED) is 0.822. The van der Waals surface area contributed by atoms with Crippen molar-refractivity contribution < 1.29 is 14.3 Å². The molecule has 22 heavy (non-hydrogen) atoms. The van der Waals surface area contributed by atoms with E-state index in [-0.39, 0.29) is 12.5 Å². The van der Waals surface area contributed by atoms with Gasteiger partial charge in [-0.2, -0.15) is 0 Å². The molecular formula is C17H22N2O3. The summed E-state index contributed by atoms with van der Waals surface area (Å²) in [5.41, 5.74) is 0.917. The fourth-order valence-corrected chi connectivity index (χ4v) is 2.37. The van der Waals surface area contributed by atoms with Gasteiger partial charge in [0.2, 0.25) is 5.91 Å². The third-order valence-corrected chi connectivity index (χ3v) is 3.69. The van der Waals surface area contributed by atoms with E-state index in [0.717, 1.165) is 12.1 Å². The van der Waals surface area contributed by atoms with Gasteiger partial charge in [0, 0.05) is 0 Å². The van der Waals surface area contributed by atoms with Crippen LogP contribution in [0.4, 0.5) is 0 Å². The number of aliphatic hydroxyl groups is 1. The molecule has 1 aromatic carbocycles. The summed E-state index contributed by atoms with van der Waals surface area (Å²) in [7, 11) is 1.90. The summed E-state index contributed by atoms with van der Waals surface area (Å²) in [6.45, 7) is 2.52. The lowest BCUT2D eigenvalue weighted by molar-refractivity contribution is -0.127. The number of aliphatic hydroxyl groups excluding tert-OH is 1. The van der Waals surface area contributed by atoms with E-state index in [1.165, 1.54) is 6.26 Å². The molecule has 0 aliphatic heterocycles. The van der Waals surface area contributed by atoms with Crippen molar-refractivity contribution in [2.45, 2.75) is 19.0 Å². The van der Waals surface area contributed by atoms with Crippen LogP contribution in [0.5, 0.6) is 0 Å². The summed E-state index contributed by atoms with van der Waals surface area (Å²) in [6.07, 6.45) is 1.52. The van der Waals surface area contributed by atoms with E-state index in [1.807, 2.05) is 49.2 Å². The number of carbonyl (C=O) groups excluding carboxylic acids is 1. The molecule has 2 rings (SSSR count). The second-order valence-electron chi connectivity index (χ2n) is 5.15. The van der Waals surface area contributed by atoms with Crippen LogP contribution < -0.4 is 5.32 Å². The molecule has 0 aliphatic carbocycles. The zero-order chi connectivity index (χ0) is 15.9. The van der Waals surface area contributed by atoms with Gasteiger partial charge < -0.3 is 14.8 Å². The number of rotatable bonds is 7. The second-order valence-corrected chi connectivity index (χ2v) is 5.15. The van der Waals surface area contributed by atoms with Gasteiger partial charge in [-0.3, -0.25) is 9.69 Å². The Labute approximate surface area is 130 Å². The van der Waals surface area contributed by atoms with Gasteiger partial charge in [0.15, 0.2) is 0 Å². The molecule has 0 saturated heterocycles. The van der Waals surface area contributed by atoms with Gasteiger partial charge in [0.1, 0.15) is 17.8 Å². The van der Waals surface area contributed by atoms with Crippen molar-refractivity contribution in [2.75, 3.05) is 20.2 Å². The molecule has 0 saturated carbocycles. The van der Waals surface area contributed by atoms with E-state index in [1.54, 1.807) is 12.1 Å². The molecule has 5 nitrogen and oxygen atoms in total. The molecule has 1 heterocycles. The minimum Gasteiger partial charge on any atom is -0.467 e. The van der Waals surface area contributed by atoms with E-state index >= 15 is 0 Å². The molecule has 2 N–H and O–H groups in total. The predicted molar refractivity (Wildman–Crippen MR) is 84.2 cm³/mol. The molecule has 1 amide bonds. The van der Waals surface area contributed by atoms with E-state index in [9.17, 15) is 9.90 Å². The molecule has 0 bridgehead atoms. The van der Waals surface area contributed by atoms with Gasteiger partial charge in [-0.25, -0.2) is 0 Å². The third-order valence-electron chi connectivity index (χ3n) is 3.69. The molecule has 118 valence electrons. The number of hydrogen-bond acceptors (Lipinski definition) is 4. The first-order chi connectivity index (χ1) is 10.7. The SMILES string of the molecule is CCN(C)C(C(=O)NC(CO)c1ccco1)c1ccccc1. The van der Waals surface area contributed by atoms with Crippen molar-refractivity contribution in [2.24, 2.45) is 0 Å². The van der Waals surface area contributed by atoms with Crippen LogP contribution in [0.15, 0.2) is 53.1 Å². The van der Waals surface area contributed by atoms with Crippen molar-refractivity contribution in [1.29, 1.82) is 0 Å². The maximum absolute atomic E-state index is 12.7.